The maximum atomic E-state index is 12.1. The maximum Gasteiger partial charge on any atom is 0.407 e. The molecular weight excluding hydrogens is 414 g/mol. The van der Waals surface area contributed by atoms with Gasteiger partial charge in [-0.1, -0.05) is 48.5 Å². The molecule has 32 heavy (non-hydrogen) atoms. The number of hydrogen-bond donors (Lipinski definition) is 1. The van der Waals surface area contributed by atoms with E-state index in [9.17, 15) is 9.59 Å². The fourth-order valence-corrected chi connectivity index (χ4v) is 3.57. The van der Waals surface area contributed by atoms with E-state index in [0.29, 0.717) is 52.7 Å². The molecule has 1 aliphatic rings. The van der Waals surface area contributed by atoms with E-state index in [2.05, 4.69) is 34.3 Å². The van der Waals surface area contributed by atoms with E-state index in [0.717, 1.165) is 0 Å². The van der Waals surface area contributed by atoms with Crippen LogP contribution in [0, 0.1) is 0 Å². The smallest absolute Gasteiger partial charge is 0.407 e. The van der Waals surface area contributed by atoms with Crippen LogP contribution in [0.25, 0.3) is 11.1 Å². The molecule has 2 aromatic carbocycles. The van der Waals surface area contributed by atoms with Gasteiger partial charge in [0, 0.05) is 12.5 Å². The van der Waals surface area contributed by atoms with Crippen molar-refractivity contribution in [2.45, 2.75) is 5.92 Å². The second-order valence-corrected chi connectivity index (χ2v) is 7.06. The minimum atomic E-state index is -0.456. The molecule has 0 saturated carbocycles. The molecule has 1 aliphatic carbocycles. The highest BCUT2D eigenvalue weighted by Gasteiger charge is 2.28. The fourth-order valence-electron chi connectivity index (χ4n) is 3.57. The Morgan fingerprint density at radius 2 is 1.31 bits per heavy atom. The van der Waals surface area contributed by atoms with Gasteiger partial charge in [-0.2, -0.15) is 0 Å². The molecule has 0 atom stereocenters. The van der Waals surface area contributed by atoms with E-state index in [1.54, 1.807) is 0 Å². The van der Waals surface area contributed by atoms with Crippen molar-refractivity contribution in [1.82, 2.24) is 5.32 Å². The molecule has 0 saturated heterocycles. The SMILES string of the molecule is O=COCCOCCOCCOCCNC(=O)OCC1c2ccccc2-c2ccccc21. The largest absolute Gasteiger partial charge is 0.465 e. The van der Waals surface area contributed by atoms with Gasteiger partial charge in [-0.3, -0.25) is 4.79 Å². The Morgan fingerprint density at radius 1 is 0.781 bits per heavy atom. The average Bonchev–Trinajstić information content (AvgIpc) is 3.14. The third kappa shape index (κ3) is 7.05. The topological polar surface area (TPSA) is 92.3 Å². The van der Waals surface area contributed by atoms with Crippen LogP contribution in [0.1, 0.15) is 17.0 Å². The summed E-state index contributed by atoms with van der Waals surface area (Å²) >= 11 is 0. The lowest BCUT2D eigenvalue weighted by Crippen LogP contribution is -2.29. The molecule has 0 bridgehead atoms. The second-order valence-electron chi connectivity index (χ2n) is 7.06. The fraction of sp³-hybridized carbons (Fsp3) is 0.417. The van der Waals surface area contributed by atoms with Gasteiger partial charge in [0.25, 0.3) is 6.47 Å². The zero-order valence-electron chi connectivity index (χ0n) is 18.0. The van der Waals surface area contributed by atoms with E-state index >= 15 is 0 Å². The van der Waals surface area contributed by atoms with Gasteiger partial charge in [0.1, 0.15) is 13.2 Å². The first-order valence-corrected chi connectivity index (χ1v) is 10.7. The third-order valence-electron chi connectivity index (χ3n) is 5.02. The molecule has 1 amide bonds. The van der Waals surface area contributed by atoms with E-state index in [4.69, 9.17) is 18.9 Å². The molecule has 172 valence electrons. The van der Waals surface area contributed by atoms with Crippen molar-refractivity contribution in [1.29, 1.82) is 0 Å². The summed E-state index contributed by atoms with van der Waals surface area (Å²) in [5, 5.41) is 2.71. The van der Waals surface area contributed by atoms with E-state index < -0.39 is 6.09 Å². The number of amides is 1. The van der Waals surface area contributed by atoms with Crippen LogP contribution in [0.5, 0.6) is 0 Å². The molecule has 2 aromatic rings. The van der Waals surface area contributed by atoms with Crippen molar-refractivity contribution in [2.24, 2.45) is 0 Å². The predicted octanol–water partition coefficient (Wildman–Crippen LogP) is 2.75. The Hall–Kier alpha value is -2.94. The Bertz CT molecular complexity index is 812. The lowest BCUT2D eigenvalue weighted by molar-refractivity contribution is -0.130. The minimum absolute atomic E-state index is 0.0445. The number of hydrogen-bond acceptors (Lipinski definition) is 7. The molecule has 0 aromatic heterocycles. The summed E-state index contributed by atoms with van der Waals surface area (Å²) in [6, 6.07) is 16.5. The van der Waals surface area contributed by atoms with E-state index in [1.807, 2.05) is 24.3 Å². The zero-order chi connectivity index (χ0) is 22.4. The number of nitrogens with one attached hydrogen (secondary N) is 1. The van der Waals surface area contributed by atoms with Gasteiger partial charge in [0.05, 0.1) is 39.6 Å². The monoisotopic (exact) mass is 443 g/mol. The van der Waals surface area contributed by atoms with Crippen molar-refractivity contribution in [3.63, 3.8) is 0 Å². The minimum Gasteiger partial charge on any atom is -0.465 e. The predicted molar refractivity (Wildman–Crippen MR) is 118 cm³/mol. The number of ether oxygens (including phenoxy) is 5. The van der Waals surface area contributed by atoms with Gasteiger partial charge in [-0.15, -0.1) is 0 Å². The van der Waals surface area contributed by atoms with Crippen LogP contribution in [0.4, 0.5) is 4.79 Å². The quantitative estimate of drug-likeness (QED) is 0.334. The Kier molecular flexibility index (Phi) is 9.98. The van der Waals surface area contributed by atoms with Crippen LogP contribution >= 0.6 is 0 Å². The lowest BCUT2D eigenvalue weighted by Gasteiger charge is -2.14. The summed E-state index contributed by atoms with van der Waals surface area (Å²) in [4.78, 5) is 22.0. The van der Waals surface area contributed by atoms with Gasteiger partial charge < -0.3 is 29.0 Å². The maximum absolute atomic E-state index is 12.1. The molecule has 1 N–H and O–H groups in total. The highest BCUT2D eigenvalue weighted by atomic mass is 16.6. The molecule has 0 aliphatic heterocycles. The number of carbonyl (C=O) groups excluding carboxylic acids is 2. The van der Waals surface area contributed by atoms with Gasteiger partial charge in [0.15, 0.2) is 0 Å². The molecule has 8 nitrogen and oxygen atoms in total. The number of fused-ring (bicyclic) bond motifs is 3. The summed E-state index contributed by atoms with van der Waals surface area (Å²) in [5.74, 6) is 0.0445. The van der Waals surface area contributed by atoms with Crippen molar-refractivity contribution >= 4 is 12.6 Å². The standard InChI is InChI=1S/C24H29NO7/c26-18-31-16-15-30-14-13-29-12-11-28-10-9-25-24(27)32-17-23-21-7-3-1-5-19(21)20-6-2-4-8-22(20)23/h1-8,18,23H,9-17H2,(H,25,27). The van der Waals surface area contributed by atoms with Crippen LogP contribution in [0.2, 0.25) is 0 Å². The molecule has 3 rings (SSSR count). The molecule has 0 fully saturated rings. The van der Waals surface area contributed by atoms with Crippen LogP contribution in [0.3, 0.4) is 0 Å². The molecular formula is C24H29NO7. The van der Waals surface area contributed by atoms with E-state index in [1.165, 1.54) is 22.3 Å². The Morgan fingerprint density at radius 3 is 1.91 bits per heavy atom. The zero-order valence-corrected chi connectivity index (χ0v) is 18.0. The molecule has 0 radical (unpaired) electrons. The number of rotatable bonds is 15. The first-order valence-electron chi connectivity index (χ1n) is 10.7. The van der Waals surface area contributed by atoms with Crippen molar-refractivity contribution in [3.8, 4) is 11.1 Å². The van der Waals surface area contributed by atoms with Gasteiger partial charge >= 0.3 is 6.09 Å². The van der Waals surface area contributed by atoms with Crippen molar-refractivity contribution < 1.29 is 33.3 Å². The number of carbonyl (C=O) groups is 2. The lowest BCUT2D eigenvalue weighted by atomic mass is 9.98. The highest BCUT2D eigenvalue weighted by Crippen LogP contribution is 2.44. The second kappa shape index (κ2) is 13.5. The Balaban J connectivity index is 1.24. The molecule has 0 heterocycles. The van der Waals surface area contributed by atoms with Crippen LogP contribution in [-0.4, -0.2) is 72.0 Å². The Labute approximate surface area is 187 Å². The van der Waals surface area contributed by atoms with Crippen LogP contribution in [-0.2, 0) is 28.5 Å². The van der Waals surface area contributed by atoms with Crippen molar-refractivity contribution in [2.75, 3.05) is 59.4 Å². The first kappa shape index (κ1) is 23.7. The van der Waals surface area contributed by atoms with E-state index in [-0.39, 0.29) is 19.1 Å². The summed E-state index contributed by atoms with van der Waals surface area (Å²) < 4.78 is 25.9. The third-order valence-corrected chi connectivity index (χ3v) is 5.02. The normalized spacial score (nSPS) is 12.1. The van der Waals surface area contributed by atoms with Crippen LogP contribution in [0.15, 0.2) is 48.5 Å². The van der Waals surface area contributed by atoms with Crippen LogP contribution < -0.4 is 5.32 Å². The van der Waals surface area contributed by atoms with Gasteiger partial charge in [-0.05, 0) is 22.3 Å². The summed E-state index contributed by atoms with van der Waals surface area (Å²) in [5.41, 5.74) is 4.77. The summed E-state index contributed by atoms with van der Waals surface area (Å²) in [7, 11) is 0. The van der Waals surface area contributed by atoms with Crippen molar-refractivity contribution in [3.05, 3.63) is 59.7 Å². The molecule has 0 unspecified atom stereocenters. The summed E-state index contributed by atoms with van der Waals surface area (Å²) in [6.45, 7) is 3.69. The number of alkyl carbamates (subject to hydrolysis) is 1. The van der Waals surface area contributed by atoms with Gasteiger partial charge in [-0.25, -0.2) is 4.79 Å². The first-order chi connectivity index (χ1) is 15.8. The number of benzene rings is 2. The summed E-state index contributed by atoms with van der Waals surface area (Å²) in [6.07, 6.45) is -0.456. The molecule has 8 heteroatoms. The van der Waals surface area contributed by atoms with Gasteiger partial charge in [0.2, 0.25) is 0 Å². The molecule has 0 spiro atoms. The average molecular weight is 443 g/mol. The highest BCUT2D eigenvalue weighted by molar-refractivity contribution is 5.79.